The number of hydrogen-bond donors (Lipinski definition) is 1. The first-order valence-corrected chi connectivity index (χ1v) is 7.11. The maximum Gasteiger partial charge on any atom is 0.229 e. The summed E-state index contributed by atoms with van der Waals surface area (Å²) in [6.07, 6.45) is 1.80. The molecule has 6 nitrogen and oxygen atoms in total. The first kappa shape index (κ1) is 12.8. The number of hydrogen-bond acceptors (Lipinski definition) is 7. The lowest BCUT2D eigenvalue weighted by molar-refractivity contribution is 0.498. The van der Waals surface area contributed by atoms with Gasteiger partial charge in [-0.3, -0.25) is 0 Å². The molecular weight excluding hydrogens is 272 g/mol. The van der Waals surface area contributed by atoms with Gasteiger partial charge in [0.25, 0.3) is 0 Å². The van der Waals surface area contributed by atoms with E-state index in [1.807, 2.05) is 19.9 Å². The maximum absolute atomic E-state index is 8.84. The van der Waals surface area contributed by atoms with E-state index < -0.39 is 0 Å². The normalized spacial score (nSPS) is 14.8. The van der Waals surface area contributed by atoms with Crippen molar-refractivity contribution in [2.75, 3.05) is 23.3 Å². The van der Waals surface area contributed by atoms with E-state index in [0.717, 1.165) is 35.2 Å². The van der Waals surface area contributed by atoms with Gasteiger partial charge in [-0.25, -0.2) is 4.98 Å². The molecule has 0 saturated carbocycles. The van der Waals surface area contributed by atoms with E-state index >= 15 is 0 Å². The number of nitrogens with one attached hydrogen (secondary N) is 1. The molecular formula is C13H14N6S. The van der Waals surface area contributed by atoms with Gasteiger partial charge in [0.05, 0.1) is 17.7 Å². The minimum absolute atomic E-state index is 0.116. The number of rotatable bonds is 3. The molecule has 3 heterocycles. The van der Waals surface area contributed by atoms with Gasteiger partial charge in [0.2, 0.25) is 5.95 Å². The van der Waals surface area contributed by atoms with E-state index in [9.17, 15) is 0 Å². The molecule has 0 atom stereocenters. The molecule has 7 heteroatoms. The standard InChI is InChI=1S/C13H14N6S/c1-8-5-15-13(16-11-3-9(2)18-20-11)17-12(8)19-6-10(4-14)7-19/h3,5,10H,6-7H2,1-2H3,(H,15,16,17). The second kappa shape index (κ2) is 5.06. The smallest absolute Gasteiger partial charge is 0.229 e. The summed E-state index contributed by atoms with van der Waals surface area (Å²) in [7, 11) is 0. The van der Waals surface area contributed by atoms with Gasteiger partial charge in [0, 0.05) is 24.8 Å². The minimum atomic E-state index is 0.116. The molecule has 0 bridgehead atoms. The Hall–Kier alpha value is -2.20. The van der Waals surface area contributed by atoms with Crippen molar-refractivity contribution in [3.8, 4) is 6.07 Å². The minimum Gasteiger partial charge on any atom is -0.353 e. The molecule has 1 aliphatic rings. The van der Waals surface area contributed by atoms with Gasteiger partial charge in [-0.2, -0.15) is 14.6 Å². The summed E-state index contributed by atoms with van der Waals surface area (Å²) in [6.45, 7) is 5.42. The molecule has 102 valence electrons. The van der Waals surface area contributed by atoms with Crippen LogP contribution in [0.5, 0.6) is 0 Å². The zero-order valence-corrected chi connectivity index (χ0v) is 12.1. The monoisotopic (exact) mass is 286 g/mol. The predicted molar refractivity (Wildman–Crippen MR) is 78.2 cm³/mol. The fourth-order valence-corrected chi connectivity index (χ4v) is 2.73. The van der Waals surface area contributed by atoms with Crippen molar-refractivity contribution in [2.45, 2.75) is 13.8 Å². The van der Waals surface area contributed by atoms with E-state index in [1.165, 1.54) is 11.5 Å². The fourth-order valence-electron chi connectivity index (χ4n) is 2.08. The second-order valence-corrected chi connectivity index (χ2v) is 5.69. The number of nitriles is 1. The quantitative estimate of drug-likeness (QED) is 0.932. The van der Waals surface area contributed by atoms with E-state index in [4.69, 9.17) is 5.26 Å². The van der Waals surface area contributed by atoms with Crippen LogP contribution in [0.3, 0.4) is 0 Å². The molecule has 3 rings (SSSR count). The molecule has 2 aromatic heterocycles. The van der Waals surface area contributed by atoms with Crippen LogP contribution in [0.2, 0.25) is 0 Å². The highest BCUT2D eigenvalue weighted by atomic mass is 32.1. The molecule has 0 radical (unpaired) electrons. The molecule has 1 fully saturated rings. The van der Waals surface area contributed by atoms with Crippen LogP contribution in [0.1, 0.15) is 11.3 Å². The molecule has 0 aromatic carbocycles. The molecule has 20 heavy (non-hydrogen) atoms. The SMILES string of the molecule is Cc1cc(Nc2ncc(C)c(N3CC(C#N)C3)n2)sn1. The van der Waals surface area contributed by atoms with Crippen LogP contribution in [0.25, 0.3) is 0 Å². The van der Waals surface area contributed by atoms with Gasteiger partial charge in [0.1, 0.15) is 10.8 Å². The lowest BCUT2D eigenvalue weighted by atomic mass is 10.0. The van der Waals surface area contributed by atoms with Crippen LogP contribution in [0.4, 0.5) is 16.8 Å². The number of aryl methyl sites for hydroxylation is 2. The Balaban J connectivity index is 1.78. The third-order valence-electron chi connectivity index (χ3n) is 3.17. The summed E-state index contributed by atoms with van der Waals surface area (Å²) in [5.41, 5.74) is 2.00. The first-order chi connectivity index (χ1) is 9.65. The van der Waals surface area contributed by atoms with Crippen LogP contribution >= 0.6 is 11.5 Å². The molecule has 0 unspecified atom stereocenters. The van der Waals surface area contributed by atoms with Gasteiger partial charge in [0.15, 0.2) is 0 Å². The van der Waals surface area contributed by atoms with Crippen molar-refractivity contribution in [2.24, 2.45) is 5.92 Å². The molecule has 2 aromatic rings. The molecule has 1 aliphatic heterocycles. The second-order valence-electron chi connectivity index (χ2n) is 4.89. The Kier molecular flexibility index (Phi) is 3.24. The Morgan fingerprint density at radius 3 is 2.90 bits per heavy atom. The van der Waals surface area contributed by atoms with Crippen LogP contribution in [0.15, 0.2) is 12.3 Å². The van der Waals surface area contributed by atoms with Gasteiger partial charge in [-0.05, 0) is 31.4 Å². The van der Waals surface area contributed by atoms with Gasteiger partial charge < -0.3 is 10.2 Å². The van der Waals surface area contributed by atoms with E-state index in [-0.39, 0.29) is 5.92 Å². The highest BCUT2D eigenvalue weighted by Gasteiger charge is 2.28. The molecule has 0 aliphatic carbocycles. The van der Waals surface area contributed by atoms with Crippen molar-refractivity contribution in [1.29, 1.82) is 5.26 Å². The van der Waals surface area contributed by atoms with Crippen molar-refractivity contribution < 1.29 is 0 Å². The summed E-state index contributed by atoms with van der Waals surface area (Å²) >= 11 is 1.39. The number of nitrogens with zero attached hydrogens (tertiary/aromatic N) is 5. The zero-order valence-electron chi connectivity index (χ0n) is 11.3. The zero-order chi connectivity index (χ0) is 14.1. The maximum atomic E-state index is 8.84. The predicted octanol–water partition coefficient (Wildman–Crippen LogP) is 2.25. The third-order valence-corrected chi connectivity index (χ3v) is 3.97. The van der Waals surface area contributed by atoms with Crippen molar-refractivity contribution in [3.05, 3.63) is 23.5 Å². The first-order valence-electron chi connectivity index (χ1n) is 6.34. The van der Waals surface area contributed by atoms with Crippen LogP contribution < -0.4 is 10.2 Å². The Morgan fingerprint density at radius 2 is 2.25 bits per heavy atom. The van der Waals surface area contributed by atoms with E-state index in [1.54, 1.807) is 6.20 Å². The Bertz CT molecular complexity index is 668. The molecule has 0 amide bonds. The summed E-state index contributed by atoms with van der Waals surface area (Å²) in [6, 6.07) is 4.23. The van der Waals surface area contributed by atoms with Crippen LogP contribution in [0, 0.1) is 31.1 Å². The molecule has 1 N–H and O–H groups in total. The molecule has 1 saturated heterocycles. The summed E-state index contributed by atoms with van der Waals surface area (Å²) < 4.78 is 4.21. The van der Waals surface area contributed by atoms with Gasteiger partial charge in [-0.15, -0.1) is 0 Å². The van der Waals surface area contributed by atoms with Crippen molar-refractivity contribution >= 4 is 28.3 Å². The number of aromatic nitrogens is 3. The van der Waals surface area contributed by atoms with Crippen LogP contribution in [-0.4, -0.2) is 27.4 Å². The molecule has 0 spiro atoms. The summed E-state index contributed by atoms with van der Waals surface area (Å²) in [5, 5.41) is 12.9. The van der Waals surface area contributed by atoms with E-state index in [0.29, 0.717) is 5.95 Å². The topological polar surface area (TPSA) is 77.7 Å². The highest BCUT2D eigenvalue weighted by molar-refractivity contribution is 7.10. The Morgan fingerprint density at radius 1 is 1.45 bits per heavy atom. The van der Waals surface area contributed by atoms with Gasteiger partial charge >= 0.3 is 0 Å². The van der Waals surface area contributed by atoms with Crippen LogP contribution in [-0.2, 0) is 0 Å². The third kappa shape index (κ3) is 2.42. The van der Waals surface area contributed by atoms with Crippen molar-refractivity contribution in [1.82, 2.24) is 14.3 Å². The fraction of sp³-hybridized carbons (Fsp3) is 0.385. The van der Waals surface area contributed by atoms with Crippen molar-refractivity contribution in [3.63, 3.8) is 0 Å². The lowest BCUT2D eigenvalue weighted by Crippen LogP contribution is -2.46. The average molecular weight is 286 g/mol. The average Bonchev–Trinajstić information content (AvgIpc) is 2.77. The largest absolute Gasteiger partial charge is 0.353 e. The Labute approximate surface area is 121 Å². The number of anilines is 3. The highest BCUT2D eigenvalue weighted by Crippen LogP contribution is 2.27. The van der Waals surface area contributed by atoms with E-state index in [2.05, 4.69) is 30.6 Å². The summed E-state index contributed by atoms with van der Waals surface area (Å²) in [4.78, 5) is 10.9. The lowest BCUT2D eigenvalue weighted by Gasteiger charge is -2.37. The van der Waals surface area contributed by atoms with Gasteiger partial charge in [-0.1, -0.05) is 0 Å². The summed E-state index contributed by atoms with van der Waals surface area (Å²) in [5.74, 6) is 1.58.